The molecular weight excluding hydrogens is 329 g/mol. The number of benzene rings is 1. The summed E-state index contributed by atoms with van der Waals surface area (Å²) in [6.45, 7) is 8.57. The van der Waals surface area contributed by atoms with E-state index < -0.39 is 28.3 Å². The lowest BCUT2D eigenvalue weighted by atomic mass is 9.79. The second-order valence-electron chi connectivity index (χ2n) is 6.87. The monoisotopic (exact) mass is 355 g/mol. The Morgan fingerprint density at radius 3 is 2.29 bits per heavy atom. The van der Waals surface area contributed by atoms with Gasteiger partial charge < -0.3 is 14.0 Å². The minimum Gasteiger partial charge on any atom is -0.399 e. The third-order valence-electron chi connectivity index (χ3n) is 4.53. The van der Waals surface area contributed by atoms with E-state index in [9.17, 15) is 8.42 Å². The highest BCUT2D eigenvalue weighted by Crippen LogP contribution is 2.36. The highest BCUT2D eigenvalue weighted by molar-refractivity contribution is 7.89. The molecule has 0 spiro atoms. The molecule has 8 heteroatoms. The first kappa shape index (κ1) is 19.4. The Morgan fingerprint density at radius 1 is 1.12 bits per heavy atom. The zero-order chi connectivity index (χ0) is 18.0. The summed E-state index contributed by atoms with van der Waals surface area (Å²) in [4.78, 5) is 0.181. The van der Waals surface area contributed by atoms with Crippen LogP contribution in [-0.4, -0.2) is 47.0 Å². The molecule has 0 radical (unpaired) electrons. The molecule has 1 aliphatic heterocycles. The Balaban J connectivity index is 2.25. The van der Waals surface area contributed by atoms with Gasteiger partial charge in [0, 0.05) is 25.7 Å². The molecule has 0 saturated carbocycles. The number of hydrogen-bond acceptors (Lipinski definition) is 5. The Hall–Kier alpha value is -0.925. The smallest absolute Gasteiger partial charge is 0.399 e. The van der Waals surface area contributed by atoms with Crippen molar-refractivity contribution in [1.29, 1.82) is 0 Å². The van der Waals surface area contributed by atoms with Crippen LogP contribution in [-0.2, 0) is 24.1 Å². The molecule has 24 heavy (non-hydrogen) atoms. The number of hydrogen-bond donors (Lipinski definition) is 1. The summed E-state index contributed by atoms with van der Waals surface area (Å²) in [6.07, 6.45) is 0.606. The standard InChI is InChI=1S/C16H26BNO5S/c1-15(2)16(3,4)23-17(22-15)13-9-6-7-10-14(13)24(19,20)18-11-8-12-21-5/h6-7,9-10,18H,8,11-12H2,1-5H3. The van der Waals surface area contributed by atoms with Crippen molar-refractivity contribution in [2.24, 2.45) is 0 Å². The van der Waals surface area contributed by atoms with Gasteiger partial charge in [0.25, 0.3) is 0 Å². The SMILES string of the molecule is COCCCNS(=O)(=O)c1ccccc1B1OC(C)(C)C(C)(C)O1. The van der Waals surface area contributed by atoms with Gasteiger partial charge in [0.1, 0.15) is 0 Å². The molecule has 0 aliphatic carbocycles. The highest BCUT2D eigenvalue weighted by Gasteiger charge is 2.52. The first-order valence-corrected chi connectivity index (χ1v) is 9.52. The molecule has 1 heterocycles. The van der Waals surface area contributed by atoms with Crippen molar-refractivity contribution in [3.63, 3.8) is 0 Å². The van der Waals surface area contributed by atoms with Gasteiger partial charge in [-0.15, -0.1) is 0 Å². The predicted molar refractivity (Wildman–Crippen MR) is 93.8 cm³/mol. The molecule has 1 aromatic rings. The molecule has 134 valence electrons. The Bertz CT molecular complexity index is 659. The third kappa shape index (κ3) is 4.00. The van der Waals surface area contributed by atoms with Gasteiger partial charge in [-0.25, -0.2) is 13.1 Å². The van der Waals surface area contributed by atoms with Gasteiger partial charge in [0.05, 0.1) is 16.1 Å². The summed E-state index contributed by atoms with van der Waals surface area (Å²) in [7, 11) is -2.78. The summed E-state index contributed by atoms with van der Waals surface area (Å²) in [5, 5.41) is 0. The third-order valence-corrected chi connectivity index (χ3v) is 6.07. The van der Waals surface area contributed by atoms with E-state index >= 15 is 0 Å². The lowest BCUT2D eigenvalue weighted by Crippen LogP contribution is -2.41. The van der Waals surface area contributed by atoms with Crippen LogP contribution in [0.4, 0.5) is 0 Å². The molecular formula is C16H26BNO5S. The fraction of sp³-hybridized carbons (Fsp3) is 0.625. The molecule has 0 amide bonds. The van der Waals surface area contributed by atoms with Crippen LogP contribution >= 0.6 is 0 Å². The van der Waals surface area contributed by atoms with E-state index in [0.717, 1.165) is 0 Å². The summed E-state index contributed by atoms with van der Waals surface area (Å²) in [5.74, 6) is 0. The molecule has 0 bridgehead atoms. The van der Waals surface area contributed by atoms with Gasteiger partial charge in [0.15, 0.2) is 0 Å². The van der Waals surface area contributed by atoms with E-state index in [1.807, 2.05) is 27.7 Å². The zero-order valence-corrected chi connectivity index (χ0v) is 15.8. The molecule has 2 rings (SSSR count). The molecule has 1 N–H and O–H groups in total. The molecule has 0 unspecified atom stereocenters. The summed E-state index contributed by atoms with van der Waals surface area (Å²) >= 11 is 0. The lowest BCUT2D eigenvalue weighted by molar-refractivity contribution is 0.00578. The summed E-state index contributed by atoms with van der Waals surface area (Å²) in [5.41, 5.74) is -0.545. The van der Waals surface area contributed by atoms with Gasteiger partial charge >= 0.3 is 7.12 Å². The van der Waals surface area contributed by atoms with Crippen LogP contribution in [0, 0.1) is 0 Å². The van der Waals surface area contributed by atoms with Crippen LogP contribution in [0.5, 0.6) is 0 Å². The molecule has 1 aliphatic rings. The van der Waals surface area contributed by atoms with Crippen LogP contribution < -0.4 is 10.2 Å². The quantitative estimate of drug-likeness (QED) is 0.590. The van der Waals surface area contributed by atoms with E-state index in [-0.39, 0.29) is 4.90 Å². The molecule has 0 aromatic heterocycles. The number of methoxy groups -OCH3 is 1. The van der Waals surface area contributed by atoms with E-state index in [1.165, 1.54) is 0 Å². The first-order chi connectivity index (χ1) is 11.1. The van der Waals surface area contributed by atoms with Crippen molar-refractivity contribution < 1.29 is 22.5 Å². The normalized spacial score (nSPS) is 19.6. The van der Waals surface area contributed by atoms with Gasteiger partial charge in [-0.2, -0.15) is 0 Å². The van der Waals surface area contributed by atoms with Gasteiger partial charge in [-0.1, -0.05) is 18.2 Å². The molecule has 6 nitrogen and oxygen atoms in total. The lowest BCUT2D eigenvalue weighted by Gasteiger charge is -2.32. The number of ether oxygens (including phenoxy) is 1. The Labute approximate surface area is 145 Å². The highest BCUT2D eigenvalue weighted by atomic mass is 32.2. The van der Waals surface area contributed by atoms with Crippen LogP contribution in [0.1, 0.15) is 34.1 Å². The number of sulfonamides is 1. The maximum atomic E-state index is 12.6. The molecule has 1 fully saturated rings. The average molecular weight is 355 g/mol. The minimum absolute atomic E-state index is 0.181. The zero-order valence-electron chi connectivity index (χ0n) is 15.0. The molecule has 1 aromatic carbocycles. The topological polar surface area (TPSA) is 73.9 Å². The van der Waals surface area contributed by atoms with Crippen molar-refractivity contribution in [1.82, 2.24) is 4.72 Å². The Kier molecular flexibility index (Phi) is 5.77. The van der Waals surface area contributed by atoms with Crippen molar-refractivity contribution in [3.8, 4) is 0 Å². The van der Waals surface area contributed by atoms with Crippen molar-refractivity contribution in [2.75, 3.05) is 20.3 Å². The largest absolute Gasteiger partial charge is 0.496 e. The summed E-state index contributed by atoms with van der Waals surface area (Å²) in [6, 6.07) is 6.77. The second kappa shape index (κ2) is 7.13. The fourth-order valence-corrected chi connectivity index (χ4v) is 3.69. The van der Waals surface area contributed by atoms with Crippen LogP contribution in [0.25, 0.3) is 0 Å². The number of rotatable bonds is 7. The van der Waals surface area contributed by atoms with E-state index in [1.54, 1.807) is 31.4 Å². The second-order valence-corrected chi connectivity index (χ2v) is 8.61. The maximum absolute atomic E-state index is 12.6. The fourth-order valence-electron chi connectivity index (χ4n) is 2.39. The first-order valence-electron chi connectivity index (χ1n) is 8.04. The van der Waals surface area contributed by atoms with E-state index in [2.05, 4.69) is 4.72 Å². The molecule has 1 saturated heterocycles. The molecule has 0 atom stereocenters. The summed E-state index contributed by atoms with van der Waals surface area (Å²) < 4.78 is 44.8. The van der Waals surface area contributed by atoms with Crippen molar-refractivity contribution in [3.05, 3.63) is 24.3 Å². The van der Waals surface area contributed by atoms with Crippen LogP contribution in [0.2, 0.25) is 0 Å². The van der Waals surface area contributed by atoms with Gasteiger partial charge in [-0.3, -0.25) is 0 Å². The minimum atomic E-state index is -3.65. The van der Waals surface area contributed by atoms with Gasteiger partial charge in [-0.05, 0) is 40.2 Å². The van der Waals surface area contributed by atoms with Gasteiger partial charge in [0.2, 0.25) is 10.0 Å². The van der Waals surface area contributed by atoms with E-state index in [4.69, 9.17) is 14.0 Å². The van der Waals surface area contributed by atoms with Crippen molar-refractivity contribution in [2.45, 2.75) is 50.2 Å². The maximum Gasteiger partial charge on any atom is 0.496 e. The van der Waals surface area contributed by atoms with Crippen LogP contribution in [0.3, 0.4) is 0 Å². The predicted octanol–water partition coefficient (Wildman–Crippen LogP) is 1.30. The average Bonchev–Trinajstić information content (AvgIpc) is 2.72. The van der Waals surface area contributed by atoms with E-state index in [0.29, 0.717) is 25.0 Å². The van der Waals surface area contributed by atoms with Crippen molar-refractivity contribution >= 4 is 22.6 Å². The number of nitrogens with one attached hydrogen (secondary N) is 1. The van der Waals surface area contributed by atoms with Crippen LogP contribution in [0.15, 0.2) is 29.2 Å². The Morgan fingerprint density at radius 2 is 1.71 bits per heavy atom.